The normalized spacial score (nSPS) is 12.9. The van der Waals surface area contributed by atoms with Crippen LogP contribution in [0.15, 0.2) is 0 Å². The third-order valence-electron chi connectivity index (χ3n) is 2.30. The summed E-state index contributed by atoms with van der Waals surface area (Å²) in [6.45, 7) is 3.81. The van der Waals surface area contributed by atoms with Crippen molar-refractivity contribution in [2.75, 3.05) is 6.54 Å². The molecular weight excluding hydrogens is 268 g/mol. The van der Waals surface area contributed by atoms with Crippen molar-refractivity contribution < 1.29 is 24.3 Å². The Labute approximate surface area is 116 Å². The topological polar surface area (TPSA) is 151 Å². The molecule has 0 aromatic heterocycles. The monoisotopic (exact) mass is 288 g/mol. The fraction of sp³-hybridized carbons (Fsp3) is 0.636. The van der Waals surface area contributed by atoms with E-state index in [0.29, 0.717) is 6.54 Å². The van der Waals surface area contributed by atoms with E-state index in [4.69, 9.17) is 10.8 Å². The fourth-order valence-electron chi connectivity index (χ4n) is 1.26. The number of amides is 4. The Kier molecular flexibility index (Phi) is 7.71. The van der Waals surface area contributed by atoms with Crippen molar-refractivity contribution in [1.29, 1.82) is 0 Å². The highest BCUT2D eigenvalue weighted by atomic mass is 16.4. The molecule has 0 heterocycles. The molecule has 0 bridgehead atoms. The molecule has 6 N–H and O–H groups in total. The van der Waals surface area contributed by atoms with Crippen LogP contribution >= 0.6 is 0 Å². The Balaban J connectivity index is 4.34. The number of nitrogens with two attached hydrogens (primary N) is 1. The van der Waals surface area contributed by atoms with Gasteiger partial charge in [0.15, 0.2) is 0 Å². The second-order valence-corrected chi connectivity index (χ2v) is 4.19. The molecule has 0 fully saturated rings. The maximum absolute atomic E-state index is 11.5. The van der Waals surface area contributed by atoms with Gasteiger partial charge in [-0.1, -0.05) is 6.92 Å². The number of urea groups is 1. The summed E-state index contributed by atoms with van der Waals surface area (Å²) in [5.74, 6) is -2.63. The van der Waals surface area contributed by atoms with Crippen molar-refractivity contribution in [3.63, 3.8) is 0 Å². The Morgan fingerprint density at radius 1 is 1.20 bits per heavy atom. The molecule has 0 aromatic rings. The lowest BCUT2D eigenvalue weighted by Gasteiger charge is -2.17. The third-order valence-corrected chi connectivity index (χ3v) is 2.30. The Morgan fingerprint density at radius 2 is 1.80 bits per heavy atom. The van der Waals surface area contributed by atoms with E-state index in [0.717, 1.165) is 6.42 Å². The molecule has 0 radical (unpaired) electrons. The standard InChI is InChI=1S/C11H20N4O5/c1-3-4-13-9(17)6(2)14-11(20)15-7(10(18)19)5-8(12)16/h6-7H,3-5H2,1-2H3,(H2,12,16)(H,13,17)(H,18,19)(H2,14,15,20). The van der Waals surface area contributed by atoms with Crippen LogP contribution in [-0.4, -0.2) is 47.5 Å². The van der Waals surface area contributed by atoms with Gasteiger partial charge in [-0.3, -0.25) is 9.59 Å². The summed E-state index contributed by atoms with van der Waals surface area (Å²) in [6, 6.07) is -3.12. The minimum atomic E-state index is -1.43. The largest absolute Gasteiger partial charge is 0.480 e. The van der Waals surface area contributed by atoms with E-state index in [-0.39, 0.29) is 5.91 Å². The van der Waals surface area contributed by atoms with Crippen LogP contribution in [0.3, 0.4) is 0 Å². The van der Waals surface area contributed by atoms with Gasteiger partial charge in [-0.05, 0) is 13.3 Å². The Hall–Kier alpha value is -2.32. The van der Waals surface area contributed by atoms with Crippen LogP contribution in [-0.2, 0) is 14.4 Å². The van der Waals surface area contributed by atoms with Gasteiger partial charge in [0, 0.05) is 6.54 Å². The smallest absolute Gasteiger partial charge is 0.326 e. The lowest BCUT2D eigenvalue weighted by molar-refractivity contribution is -0.140. The van der Waals surface area contributed by atoms with E-state index in [9.17, 15) is 19.2 Å². The quantitative estimate of drug-likeness (QED) is 0.369. The van der Waals surface area contributed by atoms with Crippen LogP contribution in [0.2, 0.25) is 0 Å². The zero-order valence-corrected chi connectivity index (χ0v) is 11.4. The van der Waals surface area contributed by atoms with Crippen LogP contribution in [0, 0.1) is 0 Å². The van der Waals surface area contributed by atoms with Crippen molar-refractivity contribution in [1.82, 2.24) is 16.0 Å². The molecule has 0 aromatic carbocycles. The SMILES string of the molecule is CCCNC(=O)C(C)NC(=O)NC(CC(N)=O)C(=O)O. The number of carbonyl (C=O) groups is 4. The van der Waals surface area contributed by atoms with E-state index in [2.05, 4.69) is 16.0 Å². The van der Waals surface area contributed by atoms with Gasteiger partial charge in [-0.25, -0.2) is 9.59 Å². The predicted molar refractivity (Wildman–Crippen MR) is 69.7 cm³/mol. The zero-order valence-electron chi connectivity index (χ0n) is 11.4. The minimum Gasteiger partial charge on any atom is -0.480 e. The molecule has 114 valence electrons. The summed E-state index contributed by atoms with van der Waals surface area (Å²) in [5.41, 5.74) is 4.87. The zero-order chi connectivity index (χ0) is 15.7. The molecule has 9 heteroatoms. The van der Waals surface area contributed by atoms with E-state index < -0.39 is 36.4 Å². The van der Waals surface area contributed by atoms with E-state index in [1.54, 1.807) is 0 Å². The summed E-state index contributed by atoms with van der Waals surface area (Å²) in [6.07, 6.45) is 0.226. The summed E-state index contributed by atoms with van der Waals surface area (Å²) in [5, 5.41) is 15.7. The lowest BCUT2D eigenvalue weighted by atomic mass is 10.2. The van der Waals surface area contributed by atoms with Gasteiger partial charge >= 0.3 is 12.0 Å². The number of hydrogen-bond acceptors (Lipinski definition) is 4. The average Bonchev–Trinajstić information content (AvgIpc) is 2.34. The van der Waals surface area contributed by atoms with Crippen molar-refractivity contribution in [3.8, 4) is 0 Å². The molecular formula is C11H20N4O5. The molecule has 0 saturated heterocycles. The first-order valence-corrected chi connectivity index (χ1v) is 6.13. The predicted octanol–water partition coefficient (Wildman–Crippen LogP) is -1.47. The highest BCUT2D eigenvalue weighted by Gasteiger charge is 2.23. The van der Waals surface area contributed by atoms with E-state index in [1.807, 2.05) is 6.92 Å². The number of hydrogen-bond donors (Lipinski definition) is 5. The maximum Gasteiger partial charge on any atom is 0.326 e. The molecule has 0 spiro atoms. The highest BCUT2D eigenvalue weighted by Crippen LogP contribution is 1.92. The van der Waals surface area contributed by atoms with Gasteiger partial charge in [0.05, 0.1) is 6.42 Å². The molecule has 0 rings (SSSR count). The number of aliphatic carboxylic acids is 1. The second-order valence-electron chi connectivity index (χ2n) is 4.19. The first-order chi connectivity index (χ1) is 9.27. The van der Waals surface area contributed by atoms with Gasteiger partial charge in [0.2, 0.25) is 11.8 Å². The van der Waals surface area contributed by atoms with Crippen molar-refractivity contribution >= 4 is 23.8 Å². The summed E-state index contributed by atoms with van der Waals surface area (Å²) in [4.78, 5) is 44.5. The number of carboxylic acids is 1. The van der Waals surface area contributed by atoms with E-state index in [1.165, 1.54) is 6.92 Å². The van der Waals surface area contributed by atoms with Crippen molar-refractivity contribution in [2.45, 2.75) is 38.8 Å². The summed E-state index contributed by atoms with van der Waals surface area (Å²) in [7, 11) is 0. The van der Waals surface area contributed by atoms with Gasteiger partial charge in [-0.15, -0.1) is 0 Å². The van der Waals surface area contributed by atoms with Crippen molar-refractivity contribution in [2.24, 2.45) is 5.73 Å². The number of nitrogens with one attached hydrogen (secondary N) is 3. The lowest BCUT2D eigenvalue weighted by Crippen LogP contribution is -2.53. The highest BCUT2D eigenvalue weighted by molar-refractivity contribution is 5.90. The molecule has 2 unspecified atom stereocenters. The molecule has 0 aliphatic rings. The Bertz CT molecular complexity index is 385. The Morgan fingerprint density at radius 3 is 2.25 bits per heavy atom. The van der Waals surface area contributed by atoms with Crippen LogP contribution in [0.4, 0.5) is 4.79 Å². The average molecular weight is 288 g/mol. The summed E-state index contributed by atoms with van der Waals surface area (Å²) < 4.78 is 0. The van der Waals surface area contributed by atoms with Crippen LogP contribution in [0.25, 0.3) is 0 Å². The molecule has 0 saturated carbocycles. The molecule has 0 aliphatic carbocycles. The second kappa shape index (κ2) is 8.73. The number of carboxylic acid groups (broad SMARTS) is 1. The van der Waals surface area contributed by atoms with Gasteiger partial charge in [-0.2, -0.15) is 0 Å². The number of rotatable bonds is 8. The van der Waals surface area contributed by atoms with Crippen LogP contribution in [0.1, 0.15) is 26.7 Å². The maximum atomic E-state index is 11.5. The molecule has 20 heavy (non-hydrogen) atoms. The minimum absolute atomic E-state index is 0.385. The van der Waals surface area contributed by atoms with Crippen LogP contribution < -0.4 is 21.7 Å². The van der Waals surface area contributed by atoms with Crippen molar-refractivity contribution in [3.05, 3.63) is 0 Å². The number of carbonyl (C=O) groups excluding carboxylic acids is 3. The van der Waals surface area contributed by atoms with Crippen LogP contribution in [0.5, 0.6) is 0 Å². The molecule has 9 nitrogen and oxygen atoms in total. The van der Waals surface area contributed by atoms with Gasteiger partial charge < -0.3 is 26.8 Å². The number of primary amides is 1. The van der Waals surface area contributed by atoms with Gasteiger partial charge in [0.25, 0.3) is 0 Å². The molecule has 0 aliphatic heterocycles. The van der Waals surface area contributed by atoms with Gasteiger partial charge in [0.1, 0.15) is 12.1 Å². The first kappa shape index (κ1) is 17.7. The summed E-state index contributed by atoms with van der Waals surface area (Å²) >= 11 is 0. The third kappa shape index (κ3) is 7.19. The fourth-order valence-corrected chi connectivity index (χ4v) is 1.26. The first-order valence-electron chi connectivity index (χ1n) is 6.13. The molecule has 4 amide bonds. The molecule has 2 atom stereocenters. The van der Waals surface area contributed by atoms with E-state index >= 15 is 0 Å².